The summed E-state index contributed by atoms with van der Waals surface area (Å²) in [6, 6.07) is 0. The normalized spacial score (nSPS) is 24.6. The minimum atomic E-state index is 0.853. The fraction of sp³-hybridized carbons (Fsp3) is 0.875. The molecule has 1 aliphatic rings. The second kappa shape index (κ2) is 3.94. The molecular formula is C8H17NO. The first-order chi connectivity index (χ1) is 4.79. The third-order valence-electron chi connectivity index (χ3n) is 1.98. The molecule has 2 nitrogen and oxygen atoms in total. The molecule has 10 heavy (non-hydrogen) atoms. The molecule has 1 saturated heterocycles. The van der Waals surface area contributed by atoms with E-state index in [4.69, 9.17) is 4.74 Å². The Hall–Kier alpha value is -0.0800. The van der Waals surface area contributed by atoms with Crippen LogP contribution in [0.5, 0.6) is 0 Å². The van der Waals surface area contributed by atoms with Crippen LogP contribution in [0, 0.1) is 13.0 Å². The summed E-state index contributed by atoms with van der Waals surface area (Å²) in [6.45, 7) is 3.11. The fourth-order valence-electron chi connectivity index (χ4n) is 1.44. The van der Waals surface area contributed by atoms with Crippen molar-refractivity contribution in [2.24, 2.45) is 5.92 Å². The van der Waals surface area contributed by atoms with E-state index < -0.39 is 0 Å². The summed E-state index contributed by atoms with van der Waals surface area (Å²) in [5, 5.41) is 0. The number of quaternary nitrogens is 1. The molecular weight excluding hydrogens is 126 g/mol. The van der Waals surface area contributed by atoms with Crippen LogP contribution < -0.4 is 4.90 Å². The summed E-state index contributed by atoms with van der Waals surface area (Å²) in [4.78, 5) is 1.31. The molecule has 0 bridgehead atoms. The van der Waals surface area contributed by atoms with E-state index in [0.717, 1.165) is 19.1 Å². The Balaban J connectivity index is 2.13. The maximum absolute atomic E-state index is 5.25. The van der Waals surface area contributed by atoms with E-state index in [1.807, 2.05) is 0 Å². The van der Waals surface area contributed by atoms with Crippen molar-refractivity contribution in [1.82, 2.24) is 0 Å². The van der Waals surface area contributed by atoms with Crippen molar-refractivity contribution in [3.05, 3.63) is 7.05 Å². The molecule has 1 heterocycles. The third kappa shape index (κ3) is 2.67. The van der Waals surface area contributed by atoms with Gasteiger partial charge in [-0.25, -0.2) is 0 Å². The maximum Gasteiger partial charge on any atom is 0.0558 e. The van der Waals surface area contributed by atoms with Gasteiger partial charge >= 0.3 is 0 Å². The molecule has 2 heteroatoms. The Morgan fingerprint density at radius 2 is 2.10 bits per heavy atom. The van der Waals surface area contributed by atoms with Crippen molar-refractivity contribution in [3.63, 3.8) is 0 Å². The summed E-state index contributed by atoms with van der Waals surface area (Å²) < 4.78 is 5.25. The molecule has 0 aliphatic carbocycles. The largest absolute Gasteiger partial charge is 0.470 e. The molecule has 0 aromatic rings. The molecule has 0 spiro atoms. The monoisotopic (exact) mass is 143 g/mol. The number of hydrogen-bond acceptors (Lipinski definition) is 1. The SMILES string of the molecule is [CH2-][NH+](C)CC1CCOCC1. The standard InChI is InChI=1S/C8H17NO/c1-9(2)7-8-3-5-10-6-4-8/h8-9H,1,3-7H2,2H3. The summed E-state index contributed by atoms with van der Waals surface area (Å²) in [7, 11) is 6.02. The quantitative estimate of drug-likeness (QED) is 0.525. The molecule has 0 amide bonds. The second-order valence-corrected chi connectivity index (χ2v) is 3.22. The minimum Gasteiger partial charge on any atom is -0.470 e. The van der Waals surface area contributed by atoms with Crippen molar-refractivity contribution in [1.29, 1.82) is 0 Å². The van der Waals surface area contributed by atoms with Gasteiger partial charge in [-0.3, -0.25) is 0 Å². The van der Waals surface area contributed by atoms with E-state index in [1.54, 1.807) is 0 Å². The molecule has 0 saturated carbocycles. The van der Waals surface area contributed by atoms with Crippen LogP contribution in [0.3, 0.4) is 0 Å². The summed E-state index contributed by atoms with van der Waals surface area (Å²) in [5.41, 5.74) is 0. The van der Waals surface area contributed by atoms with Crippen LogP contribution in [0.2, 0.25) is 0 Å². The van der Waals surface area contributed by atoms with E-state index in [2.05, 4.69) is 14.1 Å². The Kier molecular flexibility index (Phi) is 3.16. The summed E-state index contributed by atoms with van der Waals surface area (Å²) in [6.07, 6.45) is 2.46. The molecule has 1 fully saturated rings. The first kappa shape index (κ1) is 8.02. The molecule has 1 aliphatic heterocycles. The van der Waals surface area contributed by atoms with Crippen LogP contribution in [-0.4, -0.2) is 26.8 Å². The van der Waals surface area contributed by atoms with Gasteiger partial charge in [0.2, 0.25) is 0 Å². The Morgan fingerprint density at radius 1 is 1.50 bits per heavy atom. The van der Waals surface area contributed by atoms with E-state index >= 15 is 0 Å². The summed E-state index contributed by atoms with van der Waals surface area (Å²) in [5.74, 6) is 0.853. The van der Waals surface area contributed by atoms with E-state index in [9.17, 15) is 0 Å². The zero-order valence-electron chi connectivity index (χ0n) is 6.73. The topological polar surface area (TPSA) is 13.7 Å². The van der Waals surface area contributed by atoms with Gasteiger partial charge < -0.3 is 9.64 Å². The van der Waals surface area contributed by atoms with Gasteiger partial charge in [0.25, 0.3) is 0 Å². The molecule has 60 valence electrons. The van der Waals surface area contributed by atoms with Gasteiger partial charge in [0.05, 0.1) is 6.54 Å². The van der Waals surface area contributed by atoms with Crippen molar-refractivity contribution in [2.75, 3.05) is 26.8 Å². The zero-order chi connectivity index (χ0) is 7.40. The van der Waals surface area contributed by atoms with Crippen LogP contribution in [0.25, 0.3) is 0 Å². The van der Waals surface area contributed by atoms with Crippen LogP contribution >= 0.6 is 0 Å². The van der Waals surface area contributed by atoms with E-state index in [1.165, 1.54) is 24.3 Å². The Morgan fingerprint density at radius 3 is 2.60 bits per heavy atom. The Bertz CT molecular complexity index is 87.3. The van der Waals surface area contributed by atoms with Gasteiger partial charge in [0.1, 0.15) is 0 Å². The van der Waals surface area contributed by atoms with Gasteiger partial charge in [0.15, 0.2) is 0 Å². The average Bonchev–Trinajstić information content (AvgIpc) is 1.88. The fourth-order valence-corrected chi connectivity index (χ4v) is 1.44. The first-order valence-corrected chi connectivity index (χ1v) is 4.01. The lowest BCUT2D eigenvalue weighted by Gasteiger charge is -2.25. The molecule has 1 N–H and O–H groups in total. The predicted molar refractivity (Wildman–Crippen MR) is 40.7 cm³/mol. The zero-order valence-corrected chi connectivity index (χ0v) is 6.73. The number of ether oxygens (including phenoxy) is 1. The smallest absolute Gasteiger partial charge is 0.0558 e. The van der Waals surface area contributed by atoms with Crippen LogP contribution in [0.15, 0.2) is 0 Å². The first-order valence-electron chi connectivity index (χ1n) is 4.01. The lowest BCUT2D eigenvalue weighted by molar-refractivity contribution is -0.836. The van der Waals surface area contributed by atoms with E-state index in [0.29, 0.717) is 0 Å². The van der Waals surface area contributed by atoms with Crippen molar-refractivity contribution >= 4 is 0 Å². The maximum atomic E-state index is 5.25. The number of nitrogens with one attached hydrogen (secondary N) is 1. The highest BCUT2D eigenvalue weighted by atomic mass is 16.5. The number of hydrogen-bond donors (Lipinski definition) is 1. The van der Waals surface area contributed by atoms with Crippen molar-refractivity contribution in [2.45, 2.75) is 12.8 Å². The highest BCUT2D eigenvalue weighted by Crippen LogP contribution is 2.11. The molecule has 1 rings (SSSR count). The minimum absolute atomic E-state index is 0.853. The Labute approximate surface area is 63.2 Å². The molecule has 0 aromatic carbocycles. The van der Waals surface area contributed by atoms with E-state index in [-0.39, 0.29) is 0 Å². The third-order valence-corrected chi connectivity index (χ3v) is 1.98. The van der Waals surface area contributed by atoms with Gasteiger partial charge in [0, 0.05) is 26.2 Å². The highest BCUT2D eigenvalue weighted by molar-refractivity contribution is 4.60. The van der Waals surface area contributed by atoms with Crippen molar-refractivity contribution in [3.8, 4) is 0 Å². The molecule has 1 atom stereocenters. The molecule has 0 radical (unpaired) electrons. The highest BCUT2D eigenvalue weighted by Gasteiger charge is 2.14. The second-order valence-electron chi connectivity index (χ2n) is 3.22. The lowest BCUT2D eigenvalue weighted by atomic mass is 10.0. The van der Waals surface area contributed by atoms with Gasteiger partial charge in [-0.05, 0) is 12.8 Å². The summed E-state index contributed by atoms with van der Waals surface area (Å²) >= 11 is 0. The predicted octanol–water partition coefficient (Wildman–Crippen LogP) is -0.281. The van der Waals surface area contributed by atoms with Crippen LogP contribution in [0.4, 0.5) is 0 Å². The lowest BCUT2D eigenvalue weighted by Crippen LogP contribution is -3.04. The van der Waals surface area contributed by atoms with Gasteiger partial charge in [-0.1, -0.05) is 0 Å². The average molecular weight is 143 g/mol. The van der Waals surface area contributed by atoms with Gasteiger partial charge in [-0.15, -0.1) is 0 Å². The molecule has 0 aromatic heterocycles. The van der Waals surface area contributed by atoms with Crippen LogP contribution in [0.1, 0.15) is 12.8 Å². The van der Waals surface area contributed by atoms with Crippen LogP contribution in [-0.2, 0) is 4.74 Å². The van der Waals surface area contributed by atoms with Gasteiger partial charge in [-0.2, -0.15) is 7.05 Å². The molecule has 1 unspecified atom stereocenters. The van der Waals surface area contributed by atoms with Crippen molar-refractivity contribution < 1.29 is 9.64 Å². The number of rotatable bonds is 2.